The Morgan fingerprint density at radius 1 is 1.29 bits per heavy atom. The van der Waals surface area contributed by atoms with Crippen molar-refractivity contribution in [1.29, 1.82) is 0 Å². The van der Waals surface area contributed by atoms with E-state index < -0.39 is 6.10 Å². The molecule has 2 aromatic rings. The molecule has 2 aromatic carbocycles. The van der Waals surface area contributed by atoms with Gasteiger partial charge in [0.1, 0.15) is 5.82 Å². The summed E-state index contributed by atoms with van der Waals surface area (Å²) in [4.78, 5) is 12.4. The molecule has 0 fully saturated rings. The van der Waals surface area contributed by atoms with Crippen molar-refractivity contribution in [2.75, 3.05) is 0 Å². The first-order valence-corrected chi connectivity index (χ1v) is 8.35. The molecule has 0 saturated heterocycles. The average Bonchev–Trinajstić information content (AvgIpc) is 2.88. The first kappa shape index (κ1) is 16.7. The highest BCUT2D eigenvalue weighted by atomic mass is 19.1. The van der Waals surface area contributed by atoms with Gasteiger partial charge < -0.3 is 10.4 Å². The Labute approximate surface area is 141 Å². The summed E-state index contributed by atoms with van der Waals surface area (Å²) < 4.78 is 13.2. The fourth-order valence-electron chi connectivity index (χ4n) is 3.25. The largest absolute Gasteiger partial charge is 0.390 e. The second kappa shape index (κ2) is 7.14. The fourth-order valence-corrected chi connectivity index (χ4v) is 3.25. The van der Waals surface area contributed by atoms with Gasteiger partial charge in [-0.1, -0.05) is 43.3 Å². The molecule has 3 unspecified atom stereocenters. The summed E-state index contributed by atoms with van der Waals surface area (Å²) in [6.45, 7) is 1.86. The van der Waals surface area contributed by atoms with Gasteiger partial charge in [0, 0.05) is 12.3 Å². The molecule has 3 rings (SSSR count). The molecule has 0 saturated carbocycles. The molecule has 1 amide bonds. The van der Waals surface area contributed by atoms with E-state index in [0.29, 0.717) is 19.3 Å². The van der Waals surface area contributed by atoms with E-state index in [1.807, 2.05) is 37.3 Å². The van der Waals surface area contributed by atoms with Gasteiger partial charge in [-0.2, -0.15) is 0 Å². The van der Waals surface area contributed by atoms with Crippen LogP contribution in [0.25, 0.3) is 0 Å². The number of benzene rings is 2. The molecule has 0 spiro atoms. The van der Waals surface area contributed by atoms with E-state index in [2.05, 4.69) is 5.32 Å². The quantitative estimate of drug-likeness (QED) is 0.886. The van der Waals surface area contributed by atoms with Crippen molar-refractivity contribution >= 4 is 5.91 Å². The van der Waals surface area contributed by atoms with Crippen LogP contribution in [0.2, 0.25) is 0 Å². The Hall–Kier alpha value is -2.20. The number of amides is 1. The second-order valence-electron chi connectivity index (χ2n) is 6.53. The third kappa shape index (κ3) is 3.65. The first-order chi connectivity index (χ1) is 11.5. The highest BCUT2D eigenvalue weighted by Crippen LogP contribution is 2.31. The Morgan fingerprint density at radius 2 is 2.08 bits per heavy atom. The average molecular weight is 327 g/mol. The SMILES string of the molecule is CC(CCc1cccc(F)c1)C(=O)NC1c2ccccc2CC1O. The van der Waals surface area contributed by atoms with Crippen molar-refractivity contribution in [2.45, 2.75) is 38.3 Å². The third-order valence-electron chi connectivity index (χ3n) is 4.70. The van der Waals surface area contributed by atoms with E-state index in [1.54, 1.807) is 6.07 Å². The number of aliphatic hydroxyl groups is 1. The van der Waals surface area contributed by atoms with Crippen molar-refractivity contribution in [3.63, 3.8) is 0 Å². The van der Waals surface area contributed by atoms with Gasteiger partial charge in [0.25, 0.3) is 0 Å². The van der Waals surface area contributed by atoms with Crippen LogP contribution < -0.4 is 5.32 Å². The van der Waals surface area contributed by atoms with Crippen LogP contribution in [-0.4, -0.2) is 17.1 Å². The van der Waals surface area contributed by atoms with Gasteiger partial charge in [0.2, 0.25) is 5.91 Å². The topological polar surface area (TPSA) is 49.3 Å². The molecule has 0 aliphatic heterocycles. The lowest BCUT2D eigenvalue weighted by molar-refractivity contribution is -0.126. The highest BCUT2D eigenvalue weighted by Gasteiger charge is 2.32. The number of aryl methyl sites for hydroxylation is 1. The van der Waals surface area contributed by atoms with E-state index in [4.69, 9.17) is 0 Å². The Kier molecular flexibility index (Phi) is 4.95. The summed E-state index contributed by atoms with van der Waals surface area (Å²) >= 11 is 0. The van der Waals surface area contributed by atoms with Crippen LogP contribution in [0.1, 0.15) is 36.1 Å². The number of rotatable bonds is 5. The molecule has 24 heavy (non-hydrogen) atoms. The van der Waals surface area contributed by atoms with Crippen LogP contribution in [0, 0.1) is 11.7 Å². The highest BCUT2D eigenvalue weighted by molar-refractivity contribution is 5.79. The van der Waals surface area contributed by atoms with Crippen LogP contribution in [0.3, 0.4) is 0 Å². The van der Waals surface area contributed by atoms with E-state index in [1.165, 1.54) is 12.1 Å². The summed E-state index contributed by atoms with van der Waals surface area (Å²) in [7, 11) is 0. The maximum Gasteiger partial charge on any atom is 0.223 e. The zero-order chi connectivity index (χ0) is 17.1. The minimum absolute atomic E-state index is 0.0767. The van der Waals surface area contributed by atoms with E-state index >= 15 is 0 Å². The van der Waals surface area contributed by atoms with Crippen molar-refractivity contribution in [1.82, 2.24) is 5.32 Å². The van der Waals surface area contributed by atoms with Crippen LogP contribution in [0.5, 0.6) is 0 Å². The van der Waals surface area contributed by atoms with Gasteiger partial charge in [-0.25, -0.2) is 4.39 Å². The number of nitrogens with one attached hydrogen (secondary N) is 1. The summed E-state index contributed by atoms with van der Waals surface area (Å²) in [5.41, 5.74) is 2.97. The first-order valence-electron chi connectivity index (χ1n) is 8.35. The summed E-state index contributed by atoms with van der Waals surface area (Å²) in [5, 5.41) is 13.2. The lowest BCUT2D eigenvalue weighted by Gasteiger charge is -2.20. The molecule has 2 N–H and O–H groups in total. The maximum atomic E-state index is 13.2. The molecule has 1 aliphatic carbocycles. The molecule has 0 heterocycles. The molecule has 3 nitrogen and oxygen atoms in total. The number of carbonyl (C=O) groups excluding carboxylic acids is 1. The molecule has 0 aromatic heterocycles. The van der Waals surface area contributed by atoms with Gasteiger partial charge in [0.05, 0.1) is 12.1 Å². The number of fused-ring (bicyclic) bond motifs is 1. The minimum Gasteiger partial charge on any atom is -0.390 e. The Bertz CT molecular complexity index is 731. The smallest absolute Gasteiger partial charge is 0.223 e. The van der Waals surface area contributed by atoms with Crippen LogP contribution in [0.15, 0.2) is 48.5 Å². The molecule has 4 heteroatoms. The van der Waals surface area contributed by atoms with Gasteiger partial charge in [-0.05, 0) is 41.7 Å². The van der Waals surface area contributed by atoms with Crippen molar-refractivity contribution < 1.29 is 14.3 Å². The number of halogens is 1. The summed E-state index contributed by atoms with van der Waals surface area (Å²) in [6.07, 6.45) is 1.27. The number of carbonyl (C=O) groups is 1. The van der Waals surface area contributed by atoms with Gasteiger partial charge in [-0.15, -0.1) is 0 Å². The van der Waals surface area contributed by atoms with E-state index in [9.17, 15) is 14.3 Å². The number of hydrogen-bond acceptors (Lipinski definition) is 2. The van der Waals surface area contributed by atoms with Crippen molar-refractivity contribution in [2.24, 2.45) is 5.92 Å². The molecular formula is C20H22FNO2. The van der Waals surface area contributed by atoms with Crippen molar-refractivity contribution in [3.8, 4) is 0 Å². The summed E-state index contributed by atoms with van der Waals surface area (Å²) in [6, 6.07) is 13.9. The lowest BCUT2D eigenvalue weighted by atomic mass is 9.99. The minimum atomic E-state index is -0.582. The molecule has 0 bridgehead atoms. The molecule has 1 aliphatic rings. The lowest BCUT2D eigenvalue weighted by Crippen LogP contribution is -2.37. The predicted molar refractivity (Wildman–Crippen MR) is 90.9 cm³/mol. The van der Waals surface area contributed by atoms with Crippen LogP contribution in [0.4, 0.5) is 4.39 Å². The Morgan fingerprint density at radius 3 is 2.88 bits per heavy atom. The van der Waals surface area contributed by atoms with Crippen LogP contribution >= 0.6 is 0 Å². The van der Waals surface area contributed by atoms with Gasteiger partial charge >= 0.3 is 0 Å². The fraction of sp³-hybridized carbons (Fsp3) is 0.350. The molecule has 0 radical (unpaired) electrons. The van der Waals surface area contributed by atoms with E-state index in [0.717, 1.165) is 16.7 Å². The molecule has 3 atom stereocenters. The number of hydrogen-bond donors (Lipinski definition) is 2. The maximum absolute atomic E-state index is 13.2. The predicted octanol–water partition coefficient (Wildman–Crippen LogP) is 3.17. The summed E-state index contributed by atoms with van der Waals surface area (Å²) in [5.74, 6) is -0.532. The van der Waals surface area contributed by atoms with E-state index in [-0.39, 0.29) is 23.7 Å². The Balaban J connectivity index is 1.58. The number of aliphatic hydroxyl groups excluding tert-OH is 1. The van der Waals surface area contributed by atoms with Gasteiger partial charge in [-0.3, -0.25) is 4.79 Å². The normalized spacial score (nSPS) is 20.5. The third-order valence-corrected chi connectivity index (χ3v) is 4.70. The monoisotopic (exact) mass is 327 g/mol. The van der Waals surface area contributed by atoms with Crippen LogP contribution in [-0.2, 0) is 17.6 Å². The molecule has 126 valence electrons. The standard InChI is InChI=1S/C20H22FNO2/c1-13(9-10-14-5-4-7-16(21)11-14)20(24)22-19-17-8-3-2-6-15(17)12-18(19)23/h2-8,11,13,18-19,23H,9-10,12H2,1H3,(H,22,24). The zero-order valence-corrected chi connectivity index (χ0v) is 13.7. The zero-order valence-electron chi connectivity index (χ0n) is 13.7. The van der Waals surface area contributed by atoms with Gasteiger partial charge in [0.15, 0.2) is 0 Å². The molecular weight excluding hydrogens is 305 g/mol. The van der Waals surface area contributed by atoms with Crippen molar-refractivity contribution in [3.05, 3.63) is 71.0 Å². The second-order valence-corrected chi connectivity index (χ2v) is 6.53.